The summed E-state index contributed by atoms with van der Waals surface area (Å²) >= 11 is 0. The molecule has 5 rings (SSSR count). The fraction of sp³-hybridized carbons (Fsp3) is 0.280. The molecule has 1 saturated heterocycles. The molecule has 1 fully saturated rings. The second-order valence-corrected chi connectivity index (χ2v) is 9.00. The van der Waals surface area contributed by atoms with Crippen molar-refractivity contribution in [3.63, 3.8) is 0 Å². The Kier molecular flexibility index (Phi) is 6.84. The number of hydrogen-bond acceptors (Lipinski definition) is 8. The molecule has 1 amide bonds. The number of hydrogen-bond donors (Lipinski definition) is 3. The Morgan fingerprint density at radius 3 is 2.51 bits per heavy atom. The number of nitrogens with one attached hydrogen (secondary N) is 3. The number of H-pyrrole nitrogens is 1. The van der Waals surface area contributed by atoms with E-state index >= 15 is 0 Å². The second kappa shape index (κ2) is 10.4. The van der Waals surface area contributed by atoms with E-state index in [1.807, 2.05) is 49.3 Å². The first-order valence-electron chi connectivity index (χ1n) is 11.9. The number of pyridine rings is 1. The first kappa shape index (κ1) is 24.4. The Bertz CT molecular complexity index is 1360. The zero-order valence-corrected chi connectivity index (χ0v) is 20.6. The van der Waals surface area contributed by atoms with Gasteiger partial charge in [-0.2, -0.15) is 0 Å². The maximum absolute atomic E-state index is 14.8. The van der Waals surface area contributed by atoms with Gasteiger partial charge in [-0.15, -0.1) is 5.53 Å². The summed E-state index contributed by atoms with van der Waals surface area (Å²) in [6.45, 7) is 2.28. The third-order valence-corrected chi connectivity index (χ3v) is 6.20. The minimum atomic E-state index is -0.761. The van der Waals surface area contributed by atoms with E-state index in [0.29, 0.717) is 44.2 Å². The molecule has 3 aromatic rings. The molecule has 4 heterocycles. The number of hydrazine groups is 2. The average Bonchev–Trinajstić information content (AvgIpc) is 3.61. The standard InChI is InChI=1S/C25H28FN9O2/c1-32(2)16-29-23(17-6-4-3-5-7-17)33-10-12-34(13-11-33)25(37)22(36)18-14-27-21-20(18)19(26)15-28-24(21)35-9-8-30-31-35/h3-9,14-15,27,30-31H,10-13,16H2,1-2H3/b29-23+. The largest absolute Gasteiger partial charge is 0.357 e. The Hall–Kier alpha value is -4.29. The number of aliphatic imine (C=N–C) groups is 1. The minimum absolute atomic E-state index is 0.0164. The van der Waals surface area contributed by atoms with Crippen molar-refractivity contribution in [2.75, 3.05) is 52.0 Å². The summed E-state index contributed by atoms with van der Waals surface area (Å²) in [6, 6.07) is 9.90. The fourth-order valence-corrected chi connectivity index (χ4v) is 4.39. The van der Waals surface area contributed by atoms with E-state index in [9.17, 15) is 14.0 Å². The molecular formula is C25H28FN9O2. The molecule has 0 atom stereocenters. The molecule has 0 saturated carbocycles. The predicted molar refractivity (Wildman–Crippen MR) is 138 cm³/mol. The van der Waals surface area contributed by atoms with E-state index in [1.54, 1.807) is 12.4 Å². The van der Waals surface area contributed by atoms with E-state index in [-0.39, 0.29) is 10.9 Å². The molecule has 0 bridgehead atoms. The Morgan fingerprint density at radius 1 is 1.11 bits per heavy atom. The van der Waals surface area contributed by atoms with E-state index in [4.69, 9.17) is 4.99 Å². The highest BCUT2D eigenvalue weighted by molar-refractivity contribution is 6.45. The Balaban J connectivity index is 1.32. The summed E-state index contributed by atoms with van der Waals surface area (Å²) in [7, 11) is 3.91. The van der Waals surface area contributed by atoms with Crippen LogP contribution < -0.4 is 16.0 Å². The molecule has 0 aliphatic carbocycles. The van der Waals surface area contributed by atoms with Crippen LogP contribution in [0.15, 0.2) is 60.1 Å². The topological polar surface area (TPSA) is 112 Å². The summed E-state index contributed by atoms with van der Waals surface area (Å²) in [5.74, 6) is -0.885. The van der Waals surface area contributed by atoms with Crippen LogP contribution in [-0.4, -0.2) is 89.1 Å². The molecule has 12 heteroatoms. The van der Waals surface area contributed by atoms with E-state index in [1.165, 1.54) is 16.1 Å². The number of fused-ring (bicyclic) bond motifs is 1. The summed E-state index contributed by atoms with van der Waals surface area (Å²) in [6.07, 6.45) is 5.71. The number of amidine groups is 1. The molecule has 2 aliphatic rings. The van der Waals surface area contributed by atoms with Crippen molar-refractivity contribution in [2.24, 2.45) is 4.99 Å². The molecule has 0 unspecified atom stereocenters. The number of benzene rings is 1. The number of piperazine rings is 1. The highest BCUT2D eigenvalue weighted by Gasteiger charge is 2.31. The van der Waals surface area contributed by atoms with Crippen LogP contribution in [0.1, 0.15) is 15.9 Å². The van der Waals surface area contributed by atoms with Crippen LogP contribution in [0.25, 0.3) is 10.9 Å². The number of carbonyl (C=O) groups excluding carboxylic acids is 2. The van der Waals surface area contributed by atoms with Crippen molar-refractivity contribution in [3.05, 3.63) is 72.1 Å². The monoisotopic (exact) mass is 505 g/mol. The molecular weight excluding hydrogens is 477 g/mol. The third kappa shape index (κ3) is 4.88. The van der Waals surface area contributed by atoms with Crippen molar-refractivity contribution in [3.8, 4) is 0 Å². The lowest BCUT2D eigenvalue weighted by Gasteiger charge is -2.36. The smallest absolute Gasteiger partial charge is 0.295 e. The molecule has 37 heavy (non-hydrogen) atoms. The SMILES string of the molecule is CN(C)C/N=C(\c1ccccc1)N1CCN(C(=O)C(=O)c2c[nH]c3c(N4C=CNN4)ncc(F)c23)CC1. The molecule has 2 aromatic heterocycles. The van der Waals surface area contributed by atoms with Gasteiger partial charge in [-0.25, -0.2) is 14.4 Å². The number of ketones is 1. The van der Waals surface area contributed by atoms with Gasteiger partial charge < -0.3 is 20.2 Å². The normalized spacial score (nSPS) is 16.1. The van der Waals surface area contributed by atoms with Crippen LogP contribution in [0.5, 0.6) is 0 Å². The van der Waals surface area contributed by atoms with Crippen molar-refractivity contribution < 1.29 is 14.0 Å². The van der Waals surface area contributed by atoms with Crippen LogP contribution >= 0.6 is 0 Å². The number of rotatable bonds is 6. The van der Waals surface area contributed by atoms with Gasteiger partial charge in [0.05, 0.1) is 29.3 Å². The third-order valence-electron chi connectivity index (χ3n) is 6.20. The molecule has 3 N–H and O–H groups in total. The lowest BCUT2D eigenvalue weighted by Crippen LogP contribution is -2.52. The van der Waals surface area contributed by atoms with Crippen molar-refractivity contribution >= 4 is 34.2 Å². The number of Topliss-reactive ketones (excluding diaryl/α,β-unsaturated/α-hetero) is 1. The lowest BCUT2D eigenvalue weighted by molar-refractivity contribution is -0.127. The molecule has 1 aromatic carbocycles. The van der Waals surface area contributed by atoms with E-state index in [2.05, 4.69) is 25.8 Å². The quantitative estimate of drug-likeness (QED) is 0.199. The summed E-state index contributed by atoms with van der Waals surface area (Å²) in [5, 5.41) is 1.57. The Labute approximate surface area is 213 Å². The molecule has 0 spiro atoms. The van der Waals surface area contributed by atoms with Crippen LogP contribution in [-0.2, 0) is 4.79 Å². The summed E-state index contributed by atoms with van der Waals surface area (Å²) in [5.41, 5.74) is 6.90. The van der Waals surface area contributed by atoms with Gasteiger partial charge in [-0.1, -0.05) is 30.3 Å². The maximum Gasteiger partial charge on any atom is 0.295 e. The van der Waals surface area contributed by atoms with Gasteiger partial charge >= 0.3 is 0 Å². The molecule has 11 nitrogen and oxygen atoms in total. The number of carbonyl (C=O) groups is 2. The molecule has 0 radical (unpaired) electrons. The van der Waals surface area contributed by atoms with E-state index in [0.717, 1.165) is 17.6 Å². The van der Waals surface area contributed by atoms with Crippen LogP contribution in [0, 0.1) is 5.82 Å². The minimum Gasteiger partial charge on any atom is -0.357 e. The average molecular weight is 506 g/mol. The van der Waals surface area contributed by atoms with Gasteiger partial charge in [0.15, 0.2) is 11.6 Å². The predicted octanol–water partition coefficient (Wildman–Crippen LogP) is 1.30. The highest BCUT2D eigenvalue weighted by Crippen LogP contribution is 2.29. The van der Waals surface area contributed by atoms with Gasteiger partial charge in [0.25, 0.3) is 11.7 Å². The number of nitrogens with zero attached hydrogens (tertiary/aromatic N) is 6. The van der Waals surface area contributed by atoms with Gasteiger partial charge in [0.1, 0.15) is 5.84 Å². The van der Waals surface area contributed by atoms with Crippen molar-refractivity contribution in [2.45, 2.75) is 0 Å². The van der Waals surface area contributed by atoms with Crippen LogP contribution in [0.3, 0.4) is 0 Å². The zero-order valence-electron chi connectivity index (χ0n) is 20.6. The molecule has 2 aliphatic heterocycles. The zero-order chi connectivity index (χ0) is 25.9. The first-order chi connectivity index (χ1) is 17.9. The van der Waals surface area contributed by atoms with Crippen LogP contribution in [0.4, 0.5) is 10.2 Å². The van der Waals surface area contributed by atoms with Crippen molar-refractivity contribution in [1.29, 1.82) is 0 Å². The maximum atomic E-state index is 14.8. The van der Waals surface area contributed by atoms with E-state index < -0.39 is 17.5 Å². The van der Waals surface area contributed by atoms with Gasteiger partial charge in [-0.05, 0) is 14.1 Å². The van der Waals surface area contributed by atoms with Crippen LogP contribution in [0.2, 0.25) is 0 Å². The number of aromatic amines is 1. The summed E-state index contributed by atoms with van der Waals surface area (Å²) < 4.78 is 14.8. The number of amides is 1. The summed E-state index contributed by atoms with van der Waals surface area (Å²) in [4.78, 5) is 43.8. The van der Waals surface area contributed by atoms with Gasteiger partial charge in [0.2, 0.25) is 0 Å². The van der Waals surface area contributed by atoms with Crippen molar-refractivity contribution in [1.82, 2.24) is 35.6 Å². The second-order valence-electron chi connectivity index (χ2n) is 9.00. The lowest BCUT2D eigenvalue weighted by atomic mass is 10.1. The first-order valence-corrected chi connectivity index (χ1v) is 11.9. The highest BCUT2D eigenvalue weighted by atomic mass is 19.1. The number of halogens is 1. The van der Waals surface area contributed by atoms with Gasteiger partial charge in [0, 0.05) is 50.3 Å². The molecule has 192 valence electrons. The Morgan fingerprint density at radius 2 is 1.84 bits per heavy atom. The van der Waals surface area contributed by atoms with Gasteiger partial charge in [-0.3, -0.25) is 19.5 Å². The number of anilines is 1. The fourth-order valence-electron chi connectivity index (χ4n) is 4.39. The number of aromatic nitrogens is 2.